The van der Waals surface area contributed by atoms with Crippen LogP contribution in [-0.2, 0) is 4.79 Å². The van der Waals surface area contributed by atoms with Gasteiger partial charge in [-0.25, -0.2) is 0 Å². The average Bonchev–Trinajstić information content (AvgIpc) is 2.90. The summed E-state index contributed by atoms with van der Waals surface area (Å²) in [5.41, 5.74) is 7.18. The minimum absolute atomic E-state index is 0.0241. The predicted molar refractivity (Wildman–Crippen MR) is 88.6 cm³/mol. The number of carbonyl (C=O) groups is 1. The molecule has 1 aromatic rings. The quantitative estimate of drug-likeness (QED) is 0.849. The molecule has 3 N–H and O–H groups in total. The summed E-state index contributed by atoms with van der Waals surface area (Å²) in [6.07, 6.45) is 3.80. The molecule has 0 spiro atoms. The molecule has 1 saturated carbocycles. The number of amides is 1. The van der Waals surface area contributed by atoms with Gasteiger partial charge in [-0.3, -0.25) is 4.79 Å². The molecular formula is C18H28N2O2. The minimum atomic E-state index is 0.0241. The van der Waals surface area contributed by atoms with Gasteiger partial charge in [0.25, 0.3) is 0 Å². The van der Waals surface area contributed by atoms with Gasteiger partial charge in [-0.2, -0.15) is 0 Å². The van der Waals surface area contributed by atoms with Gasteiger partial charge >= 0.3 is 0 Å². The van der Waals surface area contributed by atoms with Crippen molar-refractivity contribution in [3.8, 4) is 5.75 Å². The van der Waals surface area contributed by atoms with Crippen LogP contribution in [0.5, 0.6) is 5.75 Å². The normalized spacial score (nSPS) is 22.6. The Bertz CT molecular complexity index is 484. The van der Waals surface area contributed by atoms with Crippen molar-refractivity contribution in [2.24, 2.45) is 17.6 Å². The van der Waals surface area contributed by atoms with Gasteiger partial charge in [0.2, 0.25) is 5.91 Å². The molecule has 0 aliphatic heterocycles. The highest BCUT2D eigenvalue weighted by atomic mass is 16.5. The molecule has 0 heterocycles. The zero-order valence-electron chi connectivity index (χ0n) is 13.8. The van der Waals surface area contributed by atoms with Crippen molar-refractivity contribution in [3.63, 3.8) is 0 Å². The van der Waals surface area contributed by atoms with E-state index in [4.69, 9.17) is 10.5 Å². The van der Waals surface area contributed by atoms with E-state index in [1.807, 2.05) is 24.3 Å². The first-order chi connectivity index (χ1) is 10.5. The van der Waals surface area contributed by atoms with Crippen LogP contribution in [0.1, 0.15) is 51.1 Å². The molecule has 122 valence electrons. The molecule has 4 nitrogen and oxygen atoms in total. The molecule has 1 aromatic carbocycles. The minimum Gasteiger partial charge on any atom is -0.497 e. The van der Waals surface area contributed by atoms with E-state index in [0.717, 1.165) is 30.6 Å². The molecular weight excluding hydrogens is 276 g/mol. The van der Waals surface area contributed by atoms with E-state index in [1.54, 1.807) is 7.11 Å². The summed E-state index contributed by atoms with van der Waals surface area (Å²) >= 11 is 0. The van der Waals surface area contributed by atoms with Gasteiger partial charge in [0, 0.05) is 12.5 Å². The lowest BCUT2D eigenvalue weighted by molar-refractivity contribution is -0.123. The molecule has 1 aliphatic carbocycles. The van der Waals surface area contributed by atoms with Crippen molar-refractivity contribution in [3.05, 3.63) is 29.8 Å². The second kappa shape index (κ2) is 7.63. The summed E-state index contributed by atoms with van der Waals surface area (Å²) in [5.74, 6) is 1.60. The van der Waals surface area contributed by atoms with Crippen LogP contribution >= 0.6 is 0 Å². The van der Waals surface area contributed by atoms with Gasteiger partial charge < -0.3 is 15.8 Å². The lowest BCUT2D eigenvalue weighted by atomic mass is 9.94. The van der Waals surface area contributed by atoms with Gasteiger partial charge in [-0.1, -0.05) is 32.4 Å². The van der Waals surface area contributed by atoms with Gasteiger partial charge in [0.05, 0.1) is 13.2 Å². The van der Waals surface area contributed by atoms with E-state index >= 15 is 0 Å². The fraction of sp³-hybridized carbons (Fsp3) is 0.611. The number of benzene rings is 1. The highest BCUT2D eigenvalue weighted by Crippen LogP contribution is 2.28. The Balaban J connectivity index is 1.99. The Hall–Kier alpha value is -1.55. The van der Waals surface area contributed by atoms with Crippen LogP contribution in [0.3, 0.4) is 0 Å². The molecule has 0 saturated heterocycles. The van der Waals surface area contributed by atoms with Gasteiger partial charge in [0.1, 0.15) is 5.75 Å². The summed E-state index contributed by atoms with van der Waals surface area (Å²) < 4.78 is 5.19. The molecule has 1 fully saturated rings. The van der Waals surface area contributed by atoms with Crippen molar-refractivity contribution in [1.29, 1.82) is 0 Å². The third-order valence-corrected chi connectivity index (χ3v) is 4.62. The maximum absolute atomic E-state index is 12.4. The smallest absolute Gasteiger partial charge is 0.220 e. The predicted octanol–water partition coefficient (Wildman–Crippen LogP) is 3.03. The molecule has 2 rings (SSSR count). The molecule has 1 aliphatic rings. The van der Waals surface area contributed by atoms with Gasteiger partial charge in [-0.05, 0) is 42.4 Å². The van der Waals surface area contributed by atoms with Gasteiger partial charge in [-0.15, -0.1) is 0 Å². The summed E-state index contributed by atoms with van der Waals surface area (Å²) in [6.45, 7) is 4.24. The second-order valence-corrected chi connectivity index (χ2v) is 6.62. The third-order valence-electron chi connectivity index (χ3n) is 4.62. The molecule has 22 heavy (non-hydrogen) atoms. The Morgan fingerprint density at radius 1 is 1.32 bits per heavy atom. The number of hydrogen-bond acceptors (Lipinski definition) is 3. The van der Waals surface area contributed by atoms with Crippen LogP contribution in [0.2, 0.25) is 0 Å². The summed E-state index contributed by atoms with van der Waals surface area (Å²) in [7, 11) is 1.65. The van der Waals surface area contributed by atoms with E-state index in [1.165, 1.54) is 0 Å². The molecule has 1 amide bonds. The lowest BCUT2D eigenvalue weighted by Gasteiger charge is -2.24. The number of methoxy groups -OCH3 is 1. The zero-order chi connectivity index (χ0) is 16.1. The van der Waals surface area contributed by atoms with Crippen LogP contribution in [0.25, 0.3) is 0 Å². The van der Waals surface area contributed by atoms with Crippen LogP contribution in [0.4, 0.5) is 0 Å². The Morgan fingerprint density at radius 2 is 2.00 bits per heavy atom. The first kappa shape index (κ1) is 16.8. The standard InChI is InChI=1S/C18H28N2O2/c1-12(2)18(13-7-9-15(22-3)10-8-13)20-17(21)11-14-5-4-6-16(14)19/h7-10,12,14,16,18H,4-6,11,19H2,1-3H3,(H,20,21)/t14-,16+,18?/m0/s1. The molecule has 0 radical (unpaired) electrons. The van der Waals surface area contributed by atoms with E-state index < -0.39 is 0 Å². The Labute approximate surface area is 133 Å². The molecule has 3 atom stereocenters. The highest BCUT2D eigenvalue weighted by Gasteiger charge is 2.27. The van der Waals surface area contributed by atoms with Crippen molar-refractivity contribution in [2.45, 2.75) is 51.6 Å². The van der Waals surface area contributed by atoms with Crippen molar-refractivity contribution < 1.29 is 9.53 Å². The van der Waals surface area contributed by atoms with Crippen molar-refractivity contribution >= 4 is 5.91 Å². The monoisotopic (exact) mass is 304 g/mol. The fourth-order valence-corrected chi connectivity index (χ4v) is 3.24. The van der Waals surface area contributed by atoms with Crippen LogP contribution in [0, 0.1) is 11.8 Å². The van der Waals surface area contributed by atoms with E-state index in [9.17, 15) is 4.79 Å². The maximum atomic E-state index is 12.4. The number of nitrogens with two attached hydrogens (primary N) is 1. The van der Waals surface area contributed by atoms with Crippen LogP contribution < -0.4 is 15.8 Å². The van der Waals surface area contributed by atoms with Crippen molar-refractivity contribution in [1.82, 2.24) is 5.32 Å². The van der Waals surface area contributed by atoms with E-state index in [0.29, 0.717) is 18.3 Å². The zero-order valence-corrected chi connectivity index (χ0v) is 13.8. The first-order valence-electron chi connectivity index (χ1n) is 8.20. The molecule has 1 unspecified atom stereocenters. The summed E-state index contributed by atoms with van der Waals surface area (Å²) in [5, 5.41) is 3.18. The molecule has 0 aromatic heterocycles. The number of hydrogen-bond donors (Lipinski definition) is 2. The third kappa shape index (κ3) is 4.23. The number of rotatable bonds is 6. The SMILES string of the molecule is COc1ccc(C(NC(=O)C[C@@H]2CCC[C@H]2N)C(C)C)cc1. The number of ether oxygens (including phenoxy) is 1. The molecule has 0 bridgehead atoms. The van der Waals surface area contributed by atoms with Crippen LogP contribution in [-0.4, -0.2) is 19.1 Å². The Kier molecular flexibility index (Phi) is 5.83. The largest absolute Gasteiger partial charge is 0.497 e. The average molecular weight is 304 g/mol. The lowest BCUT2D eigenvalue weighted by Crippen LogP contribution is -2.35. The van der Waals surface area contributed by atoms with E-state index in [2.05, 4.69) is 19.2 Å². The van der Waals surface area contributed by atoms with Crippen molar-refractivity contribution in [2.75, 3.05) is 7.11 Å². The highest BCUT2D eigenvalue weighted by molar-refractivity contribution is 5.76. The number of nitrogens with one attached hydrogen (secondary N) is 1. The first-order valence-corrected chi connectivity index (χ1v) is 8.20. The number of carbonyl (C=O) groups excluding carboxylic acids is 1. The summed E-state index contributed by atoms with van der Waals surface area (Å²) in [4.78, 5) is 12.4. The topological polar surface area (TPSA) is 64.3 Å². The maximum Gasteiger partial charge on any atom is 0.220 e. The van der Waals surface area contributed by atoms with Crippen LogP contribution in [0.15, 0.2) is 24.3 Å². The fourth-order valence-electron chi connectivity index (χ4n) is 3.24. The second-order valence-electron chi connectivity index (χ2n) is 6.62. The molecule has 4 heteroatoms. The Morgan fingerprint density at radius 3 is 2.50 bits per heavy atom. The summed E-state index contributed by atoms with van der Waals surface area (Å²) in [6, 6.07) is 8.12. The van der Waals surface area contributed by atoms with E-state index in [-0.39, 0.29) is 18.0 Å². The van der Waals surface area contributed by atoms with Gasteiger partial charge in [0.15, 0.2) is 0 Å².